The standard InChI is InChI=1S/C82H151NO10/c1-3-5-7-9-11-13-15-16-42-46-50-54-58-62-66-70-78(87)91-71-67-63-59-55-51-47-44-41-39-37-35-33-31-29-27-25-23-21-19-17-18-20-22-24-26-28-30-32-34-36-38-40-43-45-49-53-57-61-65-69-77(86)83-74(73-92-82-81(90)80(89)79(88)76(72-84)93-82)75(85)68-64-60-56-52-48-14-12-10-8-6-4-2/h11,13,16-18,21,23,42,64,68,74-76,79-82,84-85,88-90H,3-10,12,14-15,19-20,22,24-41,43-63,65-67,69-73H2,1-2H3,(H,83,86)/b13-11-,18-17-,23-21-,42-16-,68-64+. The van der Waals surface area contributed by atoms with Crippen LogP contribution in [0, 0.1) is 0 Å². The highest BCUT2D eigenvalue weighted by Crippen LogP contribution is 2.24. The van der Waals surface area contributed by atoms with E-state index in [1.807, 2.05) is 6.08 Å². The van der Waals surface area contributed by atoms with Gasteiger partial charge in [0.2, 0.25) is 5.91 Å². The summed E-state index contributed by atoms with van der Waals surface area (Å²) in [4.78, 5) is 25.1. The highest BCUT2D eigenvalue weighted by Gasteiger charge is 2.44. The third-order valence-electron chi connectivity index (χ3n) is 18.8. The zero-order chi connectivity index (χ0) is 67.2. The van der Waals surface area contributed by atoms with E-state index in [2.05, 4.69) is 67.8 Å². The summed E-state index contributed by atoms with van der Waals surface area (Å²) in [5, 5.41) is 54.5. The second-order valence-electron chi connectivity index (χ2n) is 27.8. The molecule has 11 heteroatoms. The van der Waals surface area contributed by atoms with Crippen molar-refractivity contribution in [2.24, 2.45) is 0 Å². The van der Waals surface area contributed by atoms with Gasteiger partial charge >= 0.3 is 5.97 Å². The molecule has 0 radical (unpaired) electrons. The average molecular weight is 1310 g/mol. The van der Waals surface area contributed by atoms with Gasteiger partial charge in [-0.05, 0) is 96.3 Å². The molecule has 1 saturated heterocycles. The van der Waals surface area contributed by atoms with Gasteiger partial charge < -0.3 is 45.1 Å². The van der Waals surface area contributed by atoms with Crippen molar-refractivity contribution in [2.75, 3.05) is 19.8 Å². The number of ether oxygens (including phenoxy) is 3. The maximum atomic E-state index is 13.1. The van der Waals surface area contributed by atoms with E-state index in [-0.39, 0.29) is 18.5 Å². The number of aliphatic hydroxyl groups excluding tert-OH is 5. The molecule has 11 nitrogen and oxygen atoms in total. The zero-order valence-electron chi connectivity index (χ0n) is 60.7. The van der Waals surface area contributed by atoms with Gasteiger partial charge in [0.1, 0.15) is 24.4 Å². The van der Waals surface area contributed by atoms with Gasteiger partial charge in [0.15, 0.2) is 6.29 Å². The van der Waals surface area contributed by atoms with Crippen molar-refractivity contribution < 1.29 is 49.3 Å². The van der Waals surface area contributed by atoms with Gasteiger partial charge in [0.05, 0.1) is 32.0 Å². The second-order valence-corrected chi connectivity index (χ2v) is 27.8. The quantitative estimate of drug-likeness (QED) is 0.0195. The van der Waals surface area contributed by atoms with E-state index in [0.717, 1.165) is 70.6 Å². The Morgan fingerprint density at radius 3 is 1.11 bits per heavy atom. The number of hydrogen-bond donors (Lipinski definition) is 6. The first-order valence-corrected chi connectivity index (χ1v) is 40.1. The van der Waals surface area contributed by atoms with Crippen molar-refractivity contribution in [3.05, 3.63) is 60.8 Å². The molecule has 0 saturated carbocycles. The minimum absolute atomic E-state index is 0.000607. The van der Waals surface area contributed by atoms with E-state index in [1.165, 1.54) is 289 Å². The number of allylic oxidation sites excluding steroid dienone is 9. The van der Waals surface area contributed by atoms with Crippen molar-refractivity contribution in [3.63, 3.8) is 0 Å². The van der Waals surface area contributed by atoms with Gasteiger partial charge in [-0.25, -0.2) is 0 Å². The summed E-state index contributed by atoms with van der Waals surface area (Å²) in [5.74, 6) is -0.177. The first-order chi connectivity index (χ1) is 45.7. The van der Waals surface area contributed by atoms with Crippen molar-refractivity contribution in [2.45, 2.75) is 429 Å². The normalized spacial score (nSPS) is 17.8. The lowest BCUT2D eigenvalue weighted by atomic mass is 9.99. The minimum Gasteiger partial charge on any atom is -0.466 e. The van der Waals surface area contributed by atoms with Gasteiger partial charge in [-0.15, -0.1) is 0 Å². The summed E-state index contributed by atoms with van der Waals surface area (Å²) in [6, 6.07) is -0.808. The summed E-state index contributed by atoms with van der Waals surface area (Å²) in [7, 11) is 0. The summed E-state index contributed by atoms with van der Waals surface area (Å²) in [6.45, 7) is 4.34. The number of unbranched alkanes of at least 4 members (excludes halogenated alkanes) is 49. The number of rotatable bonds is 71. The topological polar surface area (TPSA) is 175 Å². The molecule has 544 valence electrons. The van der Waals surface area contributed by atoms with E-state index in [4.69, 9.17) is 14.2 Å². The third-order valence-corrected chi connectivity index (χ3v) is 18.8. The van der Waals surface area contributed by atoms with Gasteiger partial charge in [-0.2, -0.15) is 0 Å². The van der Waals surface area contributed by atoms with Gasteiger partial charge in [-0.3, -0.25) is 9.59 Å². The van der Waals surface area contributed by atoms with Crippen LogP contribution < -0.4 is 5.32 Å². The SMILES string of the molecule is CCCCC/C=C\C/C=C\CCCCCCCC(=O)OCCCCCCCCCCCCCCCCC/C=C\C/C=C\CCCCCCCCCCCCCCCCCCCC(=O)NC(COC1OC(CO)C(O)C(O)C1O)C(O)/C=C/CCCCCCCCCCC. The lowest BCUT2D eigenvalue weighted by Crippen LogP contribution is -2.60. The molecule has 1 aliphatic rings. The molecular weight excluding hydrogens is 1160 g/mol. The number of hydrogen-bond acceptors (Lipinski definition) is 10. The summed E-state index contributed by atoms with van der Waals surface area (Å²) in [6.07, 6.45) is 85.4. The van der Waals surface area contributed by atoms with Crippen LogP contribution in [0.25, 0.3) is 0 Å². The van der Waals surface area contributed by atoms with Gasteiger partial charge in [0.25, 0.3) is 0 Å². The van der Waals surface area contributed by atoms with Crippen LogP contribution in [0.1, 0.15) is 386 Å². The third kappa shape index (κ3) is 59.2. The first-order valence-electron chi connectivity index (χ1n) is 40.1. The Morgan fingerprint density at radius 2 is 0.720 bits per heavy atom. The minimum atomic E-state index is -1.57. The molecule has 6 N–H and O–H groups in total. The van der Waals surface area contributed by atoms with Crippen LogP contribution in [0.5, 0.6) is 0 Å². The Bertz CT molecular complexity index is 1730. The summed E-state index contributed by atoms with van der Waals surface area (Å²) >= 11 is 0. The molecule has 0 aromatic rings. The molecular formula is C82H151NO10. The van der Waals surface area contributed by atoms with Gasteiger partial charge in [-0.1, -0.05) is 338 Å². The van der Waals surface area contributed by atoms with E-state index in [9.17, 15) is 35.1 Å². The van der Waals surface area contributed by atoms with Crippen molar-refractivity contribution in [1.29, 1.82) is 0 Å². The Hall–Kier alpha value is -2.64. The summed E-state index contributed by atoms with van der Waals surface area (Å²) < 4.78 is 16.8. The van der Waals surface area contributed by atoms with Crippen LogP contribution in [0.2, 0.25) is 0 Å². The molecule has 7 unspecified atom stereocenters. The Kier molecular flexibility index (Phi) is 67.2. The van der Waals surface area contributed by atoms with E-state index < -0.39 is 49.5 Å². The number of amides is 1. The van der Waals surface area contributed by atoms with Crippen LogP contribution in [-0.2, 0) is 23.8 Å². The fourth-order valence-corrected chi connectivity index (χ4v) is 12.6. The molecule has 7 atom stereocenters. The van der Waals surface area contributed by atoms with E-state index in [0.29, 0.717) is 19.4 Å². The zero-order valence-corrected chi connectivity index (χ0v) is 60.7. The molecule has 0 aromatic heterocycles. The molecule has 1 rings (SSSR count). The van der Waals surface area contributed by atoms with Crippen molar-refractivity contribution in [3.8, 4) is 0 Å². The Morgan fingerprint density at radius 1 is 0.398 bits per heavy atom. The molecule has 0 bridgehead atoms. The molecule has 0 aliphatic carbocycles. The summed E-state index contributed by atoms with van der Waals surface area (Å²) in [5.41, 5.74) is 0. The van der Waals surface area contributed by atoms with Crippen LogP contribution in [0.4, 0.5) is 0 Å². The van der Waals surface area contributed by atoms with E-state index >= 15 is 0 Å². The molecule has 1 fully saturated rings. The number of esters is 1. The van der Waals surface area contributed by atoms with Gasteiger partial charge in [0, 0.05) is 12.8 Å². The fourth-order valence-electron chi connectivity index (χ4n) is 12.6. The van der Waals surface area contributed by atoms with Crippen LogP contribution in [-0.4, -0.2) is 100 Å². The molecule has 1 aliphatic heterocycles. The number of aliphatic hydroxyl groups is 5. The smallest absolute Gasteiger partial charge is 0.305 e. The number of carbonyl (C=O) groups is 2. The predicted molar refractivity (Wildman–Crippen MR) is 393 cm³/mol. The number of nitrogens with one attached hydrogen (secondary N) is 1. The monoisotopic (exact) mass is 1310 g/mol. The van der Waals surface area contributed by atoms with Crippen molar-refractivity contribution in [1.82, 2.24) is 5.32 Å². The van der Waals surface area contributed by atoms with Crippen molar-refractivity contribution >= 4 is 11.9 Å². The van der Waals surface area contributed by atoms with E-state index in [1.54, 1.807) is 6.08 Å². The second kappa shape index (κ2) is 70.7. The van der Waals surface area contributed by atoms with Crippen LogP contribution >= 0.6 is 0 Å². The molecule has 1 amide bonds. The molecule has 0 aromatic carbocycles. The molecule has 1 heterocycles. The van der Waals surface area contributed by atoms with Crippen LogP contribution in [0.15, 0.2) is 60.8 Å². The maximum absolute atomic E-state index is 13.1. The highest BCUT2D eigenvalue weighted by atomic mass is 16.7. The largest absolute Gasteiger partial charge is 0.466 e. The molecule has 0 spiro atoms. The first kappa shape index (κ1) is 88.4. The Labute approximate surface area is 573 Å². The van der Waals surface area contributed by atoms with Crippen LogP contribution in [0.3, 0.4) is 0 Å². The lowest BCUT2D eigenvalue weighted by Gasteiger charge is -2.40. The molecule has 93 heavy (non-hydrogen) atoms. The lowest BCUT2D eigenvalue weighted by molar-refractivity contribution is -0.302. The maximum Gasteiger partial charge on any atom is 0.305 e. The number of carbonyl (C=O) groups excluding carboxylic acids is 2. The highest BCUT2D eigenvalue weighted by molar-refractivity contribution is 5.76. The predicted octanol–water partition coefficient (Wildman–Crippen LogP) is 21.6. The fraction of sp³-hybridized carbons (Fsp3) is 0.854. The Balaban J connectivity index is 1.89. The average Bonchev–Trinajstić information content (AvgIpc) is 1.20.